The number of hydrogen-bond acceptors (Lipinski definition) is 8. The summed E-state index contributed by atoms with van der Waals surface area (Å²) in [7, 11) is 1.54. The lowest BCUT2D eigenvalue weighted by Crippen LogP contribution is -2.47. The first kappa shape index (κ1) is 22.0. The Hall–Kier alpha value is -2.04. The highest BCUT2D eigenvalue weighted by Crippen LogP contribution is 2.22. The zero-order chi connectivity index (χ0) is 19.5. The van der Waals surface area contributed by atoms with E-state index in [0.29, 0.717) is 25.8 Å². The molecule has 1 rings (SSSR count). The van der Waals surface area contributed by atoms with Crippen LogP contribution in [-0.4, -0.2) is 65.7 Å². The zero-order valence-electron chi connectivity index (χ0n) is 15.0. The number of likely N-dealkylation sites (N-methyl/N-ethyl adjacent to an activating group) is 1. The standard InChI is InChI=1S/C15H25N3O7S/c1-11(14(20)17-7-5-6-12(17)13(19)16-2)10-26-15(21)24-8-3-4-9-25-18(22)23/h11-12H,3-10H2,1-2H3,(H,16,19)/t11-,12+/m1/s1. The molecule has 1 aliphatic heterocycles. The van der Waals surface area contributed by atoms with Crippen LogP contribution in [0.15, 0.2) is 0 Å². The highest BCUT2D eigenvalue weighted by atomic mass is 32.2. The van der Waals surface area contributed by atoms with E-state index in [1.807, 2.05) is 0 Å². The van der Waals surface area contributed by atoms with Gasteiger partial charge < -0.3 is 19.8 Å². The maximum Gasteiger partial charge on any atom is 0.367 e. The number of rotatable bonds is 10. The Morgan fingerprint density at radius 1 is 1.35 bits per heavy atom. The third-order valence-electron chi connectivity index (χ3n) is 3.91. The van der Waals surface area contributed by atoms with Gasteiger partial charge in [-0.1, -0.05) is 6.92 Å². The van der Waals surface area contributed by atoms with Crippen LogP contribution < -0.4 is 5.32 Å². The van der Waals surface area contributed by atoms with Crippen LogP contribution in [0.4, 0.5) is 4.79 Å². The van der Waals surface area contributed by atoms with Gasteiger partial charge in [0.25, 0.3) is 5.09 Å². The summed E-state index contributed by atoms with van der Waals surface area (Å²) < 4.78 is 4.99. The average molecular weight is 391 g/mol. The maximum absolute atomic E-state index is 12.5. The number of thioether (sulfide) groups is 1. The minimum Gasteiger partial charge on any atom is -0.458 e. The molecule has 0 aromatic rings. The molecule has 0 bridgehead atoms. The molecule has 0 saturated carbocycles. The predicted molar refractivity (Wildman–Crippen MR) is 94.0 cm³/mol. The first-order valence-electron chi connectivity index (χ1n) is 8.45. The number of nitrogens with zero attached hydrogens (tertiary/aromatic N) is 2. The maximum atomic E-state index is 12.5. The largest absolute Gasteiger partial charge is 0.458 e. The van der Waals surface area contributed by atoms with Crippen molar-refractivity contribution < 1.29 is 29.0 Å². The summed E-state index contributed by atoms with van der Waals surface area (Å²) >= 11 is 0.907. The molecular formula is C15H25N3O7S. The number of unbranched alkanes of at least 4 members (excludes halogenated alkanes) is 1. The van der Waals surface area contributed by atoms with Crippen molar-refractivity contribution in [2.24, 2.45) is 5.92 Å². The summed E-state index contributed by atoms with van der Waals surface area (Å²) in [6.07, 6.45) is 2.29. The average Bonchev–Trinajstić information content (AvgIpc) is 3.10. The predicted octanol–water partition coefficient (Wildman–Crippen LogP) is 1.22. The molecule has 1 fully saturated rings. The van der Waals surface area contributed by atoms with E-state index in [9.17, 15) is 24.5 Å². The van der Waals surface area contributed by atoms with Crippen LogP contribution in [0.5, 0.6) is 0 Å². The monoisotopic (exact) mass is 391 g/mol. The zero-order valence-corrected chi connectivity index (χ0v) is 15.8. The molecule has 2 atom stereocenters. The van der Waals surface area contributed by atoms with E-state index in [0.717, 1.165) is 18.2 Å². The molecule has 1 heterocycles. The Morgan fingerprint density at radius 2 is 2.04 bits per heavy atom. The first-order valence-corrected chi connectivity index (χ1v) is 9.44. The van der Waals surface area contributed by atoms with Gasteiger partial charge in [0, 0.05) is 25.3 Å². The van der Waals surface area contributed by atoms with Crippen LogP contribution in [0.2, 0.25) is 0 Å². The number of amides is 2. The molecule has 1 aliphatic rings. The minimum absolute atomic E-state index is 0.0361. The van der Waals surface area contributed by atoms with Gasteiger partial charge in [0.05, 0.1) is 13.2 Å². The number of hydrogen-bond donors (Lipinski definition) is 1. The molecule has 10 nitrogen and oxygen atoms in total. The van der Waals surface area contributed by atoms with Crippen LogP contribution in [0.3, 0.4) is 0 Å². The molecule has 26 heavy (non-hydrogen) atoms. The highest BCUT2D eigenvalue weighted by molar-refractivity contribution is 8.13. The van der Waals surface area contributed by atoms with Crippen molar-refractivity contribution in [3.05, 3.63) is 10.1 Å². The molecule has 0 unspecified atom stereocenters. The molecule has 11 heteroatoms. The van der Waals surface area contributed by atoms with Crippen molar-refractivity contribution in [1.29, 1.82) is 0 Å². The number of ether oxygens (including phenoxy) is 1. The Bertz CT molecular complexity index is 517. The van der Waals surface area contributed by atoms with Gasteiger partial charge in [-0.25, -0.2) is 4.79 Å². The van der Waals surface area contributed by atoms with Crippen LogP contribution in [0, 0.1) is 16.0 Å². The highest BCUT2D eigenvalue weighted by Gasteiger charge is 2.35. The van der Waals surface area contributed by atoms with Crippen LogP contribution in [0.1, 0.15) is 32.6 Å². The van der Waals surface area contributed by atoms with Crippen molar-refractivity contribution in [2.75, 3.05) is 32.6 Å². The summed E-state index contributed by atoms with van der Waals surface area (Å²) in [6.45, 7) is 2.37. The quantitative estimate of drug-likeness (QED) is 0.255. The van der Waals surface area contributed by atoms with E-state index >= 15 is 0 Å². The molecule has 0 radical (unpaired) electrons. The Labute approximate surface area is 156 Å². The minimum atomic E-state index is -0.866. The molecular weight excluding hydrogens is 366 g/mol. The third-order valence-corrected chi connectivity index (χ3v) is 4.93. The van der Waals surface area contributed by atoms with Crippen LogP contribution in [-0.2, 0) is 19.2 Å². The molecule has 1 saturated heterocycles. The Balaban J connectivity index is 2.24. The van der Waals surface area contributed by atoms with Gasteiger partial charge >= 0.3 is 5.30 Å². The number of nitrogens with one attached hydrogen (secondary N) is 1. The number of carbonyl (C=O) groups excluding carboxylic acids is 3. The second kappa shape index (κ2) is 11.6. The van der Waals surface area contributed by atoms with E-state index < -0.39 is 22.3 Å². The molecule has 1 N–H and O–H groups in total. The smallest absolute Gasteiger partial charge is 0.367 e. The Kier molecular flexibility index (Phi) is 9.78. The van der Waals surface area contributed by atoms with Gasteiger partial charge in [-0.05, 0) is 37.4 Å². The fourth-order valence-electron chi connectivity index (χ4n) is 2.56. The number of carbonyl (C=O) groups is 3. The van der Waals surface area contributed by atoms with Crippen molar-refractivity contribution >= 4 is 28.9 Å². The molecule has 148 valence electrons. The second-order valence-electron chi connectivity index (χ2n) is 5.88. The second-order valence-corrected chi connectivity index (χ2v) is 6.83. The van der Waals surface area contributed by atoms with E-state index in [2.05, 4.69) is 10.2 Å². The Morgan fingerprint density at radius 3 is 2.69 bits per heavy atom. The van der Waals surface area contributed by atoms with E-state index in [1.54, 1.807) is 18.9 Å². The lowest BCUT2D eigenvalue weighted by Gasteiger charge is -2.26. The third kappa shape index (κ3) is 7.46. The fraction of sp³-hybridized carbons (Fsp3) is 0.800. The van der Waals surface area contributed by atoms with Crippen molar-refractivity contribution in [3.63, 3.8) is 0 Å². The summed E-state index contributed by atoms with van der Waals surface area (Å²) in [6, 6.07) is -0.437. The van der Waals surface area contributed by atoms with Crippen LogP contribution in [0.25, 0.3) is 0 Å². The van der Waals surface area contributed by atoms with Gasteiger partial charge in [0.2, 0.25) is 11.8 Å². The van der Waals surface area contributed by atoms with E-state index in [4.69, 9.17) is 4.74 Å². The van der Waals surface area contributed by atoms with E-state index in [1.165, 1.54) is 0 Å². The molecule has 0 spiro atoms. The lowest BCUT2D eigenvalue weighted by atomic mass is 10.1. The first-order chi connectivity index (χ1) is 12.4. The van der Waals surface area contributed by atoms with Crippen molar-refractivity contribution in [3.8, 4) is 0 Å². The molecule has 0 aliphatic carbocycles. The SMILES string of the molecule is CNC(=O)[C@@H]1CCCN1C(=O)[C@H](C)CSC(=O)OCCCCO[N+](=O)[O-]. The van der Waals surface area contributed by atoms with Gasteiger partial charge in [-0.2, -0.15) is 0 Å². The summed E-state index contributed by atoms with van der Waals surface area (Å²) in [4.78, 5) is 51.6. The van der Waals surface area contributed by atoms with Gasteiger partial charge in [0.1, 0.15) is 6.04 Å². The fourth-order valence-corrected chi connectivity index (χ4v) is 3.25. The summed E-state index contributed by atoms with van der Waals surface area (Å²) in [5.74, 6) is -0.463. The molecule has 2 amide bonds. The van der Waals surface area contributed by atoms with Gasteiger partial charge in [-0.3, -0.25) is 9.59 Å². The summed E-state index contributed by atoms with van der Waals surface area (Å²) in [5, 5.41) is 11.2. The van der Waals surface area contributed by atoms with Gasteiger partial charge in [0.15, 0.2) is 0 Å². The topological polar surface area (TPSA) is 128 Å². The van der Waals surface area contributed by atoms with E-state index in [-0.39, 0.29) is 30.8 Å². The van der Waals surface area contributed by atoms with Crippen molar-refractivity contribution in [2.45, 2.75) is 38.6 Å². The molecule has 0 aromatic carbocycles. The van der Waals surface area contributed by atoms with Crippen LogP contribution >= 0.6 is 11.8 Å². The van der Waals surface area contributed by atoms with Crippen molar-refractivity contribution in [1.82, 2.24) is 10.2 Å². The molecule has 0 aromatic heterocycles. The lowest BCUT2D eigenvalue weighted by molar-refractivity contribution is -0.757. The number of likely N-dealkylation sites (tertiary alicyclic amines) is 1. The summed E-state index contributed by atoms with van der Waals surface area (Å²) in [5.41, 5.74) is 0. The van der Waals surface area contributed by atoms with Gasteiger partial charge in [-0.15, -0.1) is 10.1 Å². The normalized spacial score (nSPS) is 17.5.